The van der Waals surface area contributed by atoms with Gasteiger partial charge in [-0.05, 0) is 12.1 Å². The summed E-state index contributed by atoms with van der Waals surface area (Å²) < 4.78 is 7.09. The van der Waals surface area contributed by atoms with Gasteiger partial charge in [0, 0.05) is 6.42 Å². The maximum atomic E-state index is 11.1. The highest BCUT2D eigenvalue weighted by molar-refractivity contribution is 6.00. The number of nitrogens with zero attached hydrogens (tertiary/aromatic N) is 4. The number of rotatable bonds is 4. The van der Waals surface area contributed by atoms with Crippen molar-refractivity contribution in [2.24, 2.45) is 0 Å². The van der Waals surface area contributed by atoms with Crippen molar-refractivity contribution in [3.8, 4) is 0 Å². The van der Waals surface area contributed by atoms with Crippen LogP contribution in [-0.2, 0) is 13.0 Å². The summed E-state index contributed by atoms with van der Waals surface area (Å²) in [4.78, 5) is 15.3. The van der Waals surface area contributed by atoms with Crippen molar-refractivity contribution in [2.45, 2.75) is 19.9 Å². The molecule has 1 aromatic carbocycles. The molecule has 3 aromatic rings. The monoisotopic (exact) mass is 272 g/mol. The maximum Gasteiger partial charge on any atom is 0.338 e. The Labute approximate surface area is 113 Å². The first-order valence-corrected chi connectivity index (χ1v) is 6.18. The van der Waals surface area contributed by atoms with Crippen LogP contribution in [0.15, 0.2) is 28.8 Å². The second-order valence-corrected chi connectivity index (χ2v) is 4.30. The first-order valence-electron chi connectivity index (χ1n) is 6.18. The fourth-order valence-corrected chi connectivity index (χ4v) is 1.99. The van der Waals surface area contributed by atoms with Crippen LogP contribution in [0.5, 0.6) is 0 Å². The van der Waals surface area contributed by atoms with Gasteiger partial charge in [0.25, 0.3) is 0 Å². The molecule has 0 amide bonds. The van der Waals surface area contributed by atoms with Gasteiger partial charge in [0.2, 0.25) is 5.89 Å². The van der Waals surface area contributed by atoms with Crippen LogP contribution in [0, 0.1) is 0 Å². The SMILES string of the molecule is CCc1cnc(Cn2nnc3c(C(=O)O)cccc32)o1. The van der Waals surface area contributed by atoms with Crippen LogP contribution in [-0.4, -0.2) is 31.1 Å². The van der Waals surface area contributed by atoms with Gasteiger partial charge >= 0.3 is 5.97 Å². The molecule has 102 valence electrons. The molecule has 2 aromatic heterocycles. The van der Waals surface area contributed by atoms with Gasteiger partial charge in [0.15, 0.2) is 0 Å². The Morgan fingerprint density at radius 1 is 1.45 bits per heavy atom. The third-order valence-electron chi connectivity index (χ3n) is 3.01. The summed E-state index contributed by atoms with van der Waals surface area (Å²) in [6.45, 7) is 2.30. The molecule has 0 aliphatic rings. The minimum absolute atomic E-state index is 0.135. The molecule has 0 bridgehead atoms. The molecule has 0 atom stereocenters. The fourth-order valence-electron chi connectivity index (χ4n) is 1.99. The number of hydrogen-bond acceptors (Lipinski definition) is 5. The largest absolute Gasteiger partial charge is 0.478 e. The molecule has 1 N–H and O–H groups in total. The van der Waals surface area contributed by atoms with Crippen LogP contribution in [0.4, 0.5) is 0 Å². The lowest BCUT2D eigenvalue weighted by Crippen LogP contribution is -2.02. The summed E-state index contributed by atoms with van der Waals surface area (Å²) >= 11 is 0. The van der Waals surface area contributed by atoms with Gasteiger partial charge in [-0.25, -0.2) is 14.5 Å². The minimum atomic E-state index is -1.02. The third kappa shape index (κ3) is 2.03. The maximum absolute atomic E-state index is 11.1. The van der Waals surface area contributed by atoms with E-state index < -0.39 is 5.97 Å². The van der Waals surface area contributed by atoms with E-state index in [0.29, 0.717) is 23.5 Å². The van der Waals surface area contributed by atoms with Crippen molar-refractivity contribution in [3.05, 3.63) is 41.6 Å². The topological polar surface area (TPSA) is 94.0 Å². The van der Waals surface area contributed by atoms with E-state index in [1.54, 1.807) is 23.0 Å². The number of aromatic carboxylic acids is 1. The molecule has 0 saturated heterocycles. The van der Waals surface area contributed by atoms with E-state index in [4.69, 9.17) is 9.52 Å². The van der Waals surface area contributed by atoms with Crippen LogP contribution < -0.4 is 0 Å². The van der Waals surface area contributed by atoms with Gasteiger partial charge in [-0.3, -0.25) is 0 Å². The Morgan fingerprint density at radius 3 is 3.00 bits per heavy atom. The zero-order chi connectivity index (χ0) is 14.1. The van der Waals surface area contributed by atoms with Crippen molar-refractivity contribution in [1.29, 1.82) is 0 Å². The summed E-state index contributed by atoms with van der Waals surface area (Å²) in [5.41, 5.74) is 1.14. The first-order chi connectivity index (χ1) is 9.69. The number of carboxylic acid groups (broad SMARTS) is 1. The number of fused-ring (bicyclic) bond motifs is 1. The van der Waals surface area contributed by atoms with Gasteiger partial charge in [-0.1, -0.05) is 18.2 Å². The van der Waals surface area contributed by atoms with E-state index in [-0.39, 0.29) is 5.56 Å². The molecule has 0 radical (unpaired) electrons. The third-order valence-corrected chi connectivity index (χ3v) is 3.01. The van der Waals surface area contributed by atoms with E-state index in [9.17, 15) is 4.79 Å². The van der Waals surface area contributed by atoms with Crippen LogP contribution in [0.3, 0.4) is 0 Å². The predicted molar refractivity (Wildman–Crippen MR) is 69.5 cm³/mol. The number of hydrogen-bond donors (Lipinski definition) is 1. The number of carbonyl (C=O) groups is 1. The molecule has 7 nitrogen and oxygen atoms in total. The zero-order valence-electron chi connectivity index (χ0n) is 10.8. The van der Waals surface area contributed by atoms with E-state index in [0.717, 1.165) is 12.2 Å². The summed E-state index contributed by atoms with van der Waals surface area (Å²) in [5.74, 6) is 0.303. The molecule has 3 rings (SSSR count). The number of oxazole rings is 1. The van der Waals surface area contributed by atoms with E-state index in [1.165, 1.54) is 6.07 Å². The molecule has 0 aliphatic carbocycles. The van der Waals surface area contributed by atoms with Crippen molar-refractivity contribution >= 4 is 17.0 Å². The van der Waals surface area contributed by atoms with Crippen LogP contribution in [0.1, 0.15) is 28.9 Å². The van der Waals surface area contributed by atoms with Gasteiger partial charge in [0.1, 0.15) is 17.8 Å². The van der Waals surface area contributed by atoms with E-state index in [1.807, 2.05) is 6.92 Å². The lowest BCUT2D eigenvalue weighted by atomic mass is 10.2. The van der Waals surface area contributed by atoms with Gasteiger partial charge in [-0.2, -0.15) is 0 Å². The molecule has 0 saturated carbocycles. The van der Waals surface area contributed by atoms with Crippen LogP contribution in [0.2, 0.25) is 0 Å². The number of aromatic nitrogens is 4. The molecule has 2 heterocycles. The molecular formula is C13H12N4O3. The van der Waals surface area contributed by atoms with Crippen LogP contribution >= 0.6 is 0 Å². The summed E-state index contributed by atoms with van der Waals surface area (Å²) in [6.07, 6.45) is 2.45. The summed E-state index contributed by atoms with van der Waals surface area (Å²) in [6, 6.07) is 4.94. The second-order valence-electron chi connectivity index (χ2n) is 4.30. The Kier molecular flexibility index (Phi) is 2.94. The van der Waals surface area contributed by atoms with E-state index in [2.05, 4.69) is 15.3 Å². The van der Waals surface area contributed by atoms with Gasteiger partial charge in [0.05, 0.1) is 17.3 Å². The smallest absolute Gasteiger partial charge is 0.338 e. The normalized spacial score (nSPS) is 11.1. The molecule has 0 aliphatic heterocycles. The lowest BCUT2D eigenvalue weighted by molar-refractivity contribution is 0.0699. The minimum Gasteiger partial charge on any atom is -0.478 e. The highest BCUT2D eigenvalue weighted by Crippen LogP contribution is 2.17. The highest BCUT2D eigenvalue weighted by atomic mass is 16.4. The molecule has 0 spiro atoms. The fraction of sp³-hybridized carbons (Fsp3) is 0.231. The average molecular weight is 272 g/mol. The Hall–Kier alpha value is -2.70. The summed E-state index contributed by atoms with van der Waals surface area (Å²) in [7, 11) is 0. The highest BCUT2D eigenvalue weighted by Gasteiger charge is 2.14. The van der Waals surface area contributed by atoms with E-state index >= 15 is 0 Å². The first kappa shape index (κ1) is 12.3. The standard InChI is InChI=1S/C13H12N4O3/c1-2-8-6-14-11(20-8)7-17-10-5-3-4-9(13(18)19)12(10)15-16-17/h3-6H,2,7H2,1H3,(H,18,19). The molecule has 20 heavy (non-hydrogen) atoms. The van der Waals surface area contributed by atoms with Crippen molar-refractivity contribution in [3.63, 3.8) is 0 Å². The number of benzene rings is 1. The Morgan fingerprint density at radius 2 is 2.30 bits per heavy atom. The van der Waals surface area contributed by atoms with Gasteiger partial charge in [-0.15, -0.1) is 5.10 Å². The predicted octanol–water partition coefficient (Wildman–Crippen LogP) is 1.73. The lowest BCUT2D eigenvalue weighted by Gasteiger charge is -1.99. The van der Waals surface area contributed by atoms with Crippen molar-refractivity contribution in [2.75, 3.05) is 0 Å². The average Bonchev–Trinajstić information content (AvgIpc) is 3.06. The zero-order valence-corrected chi connectivity index (χ0v) is 10.8. The number of aryl methyl sites for hydroxylation is 1. The van der Waals surface area contributed by atoms with Crippen molar-refractivity contribution < 1.29 is 14.3 Å². The Bertz CT molecular complexity index is 775. The molecule has 0 fully saturated rings. The van der Waals surface area contributed by atoms with Gasteiger partial charge < -0.3 is 9.52 Å². The molecular weight excluding hydrogens is 260 g/mol. The molecule has 7 heteroatoms. The summed E-state index contributed by atoms with van der Waals surface area (Å²) in [5, 5.41) is 17.0. The van der Waals surface area contributed by atoms with Crippen molar-refractivity contribution in [1.82, 2.24) is 20.0 Å². The molecule has 0 unspecified atom stereocenters. The Balaban J connectivity index is 2.00. The number of carboxylic acids is 1. The second kappa shape index (κ2) is 4.76. The quantitative estimate of drug-likeness (QED) is 0.777. The van der Waals surface area contributed by atoms with Crippen LogP contribution in [0.25, 0.3) is 11.0 Å².